The summed E-state index contributed by atoms with van der Waals surface area (Å²) < 4.78 is 29.8. The van der Waals surface area contributed by atoms with Crippen LogP contribution in [0, 0.1) is 11.6 Å². The zero-order valence-corrected chi connectivity index (χ0v) is 16.5. The molecule has 1 aliphatic rings. The molecule has 2 heterocycles. The van der Waals surface area contributed by atoms with Crippen molar-refractivity contribution in [3.63, 3.8) is 0 Å². The molecule has 1 aliphatic heterocycles. The number of hydrogen-bond donors (Lipinski definition) is 2. The first-order valence-electron chi connectivity index (χ1n) is 9.78. The number of hydrogen-bond acceptors (Lipinski definition) is 3. The summed E-state index contributed by atoms with van der Waals surface area (Å²) in [4.78, 5) is 6.39. The maximum Gasteiger partial charge on any atom is 0.191 e. The normalized spacial score (nSPS) is 17.2. The first kappa shape index (κ1) is 20.1. The van der Waals surface area contributed by atoms with Crippen LogP contribution in [-0.2, 0) is 13.5 Å². The van der Waals surface area contributed by atoms with Crippen molar-refractivity contribution in [2.24, 2.45) is 12.0 Å². The van der Waals surface area contributed by atoms with E-state index in [2.05, 4.69) is 20.7 Å². The smallest absolute Gasteiger partial charge is 0.191 e. The Morgan fingerprint density at radius 2 is 2.11 bits per heavy atom. The van der Waals surface area contributed by atoms with E-state index in [-0.39, 0.29) is 11.7 Å². The van der Waals surface area contributed by atoms with Crippen molar-refractivity contribution >= 4 is 11.6 Å². The van der Waals surface area contributed by atoms with Crippen molar-refractivity contribution in [1.29, 1.82) is 0 Å². The van der Waals surface area contributed by atoms with E-state index >= 15 is 0 Å². The van der Waals surface area contributed by atoms with Gasteiger partial charge in [0, 0.05) is 45.5 Å². The van der Waals surface area contributed by atoms with E-state index in [1.165, 1.54) is 23.8 Å². The Morgan fingerprint density at radius 3 is 2.79 bits per heavy atom. The topological polar surface area (TPSA) is 57.5 Å². The monoisotopic (exact) mass is 390 g/mol. The van der Waals surface area contributed by atoms with E-state index in [1.807, 2.05) is 26.4 Å². The van der Waals surface area contributed by atoms with Crippen LogP contribution in [0.15, 0.2) is 35.6 Å². The Hall–Kier alpha value is -2.64. The summed E-state index contributed by atoms with van der Waals surface area (Å²) in [7, 11) is 1.91. The van der Waals surface area contributed by atoms with E-state index < -0.39 is 11.6 Å². The molecule has 6 nitrogen and oxygen atoms in total. The van der Waals surface area contributed by atoms with Crippen LogP contribution in [0.3, 0.4) is 0 Å². The Bertz CT molecular complexity index is 783. The van der Waals surface area contributed by atoms with Crippen LogP contribution in [0.4, 0.5) is 14.5 Å². The lowest BCUT2D eigenvalue weighted by Gasteiger charge is -2.21. The number of guanidine groups is 1. The number of para-hydroxylation sites is 1. The van der Waals surface area contributed by atoms with Crippen LogP contribution in [-0.4, -0.2) is 48.0 Å². The van der Waals surface area contributed by atoms with E-state index in [9.17, 15) is 8.78 Å². The maximum absolute atomic E-state index is 14.0. The maximum atomic E-state index is 14.0. The van der Waals surface area contributed by atoms with Gasteiger partial charge in [0.05, 0.1) is 6.20 Å². The number of aryl methyl sites for hydroxylation is 2. The van der Waals surface area contributed by atoms with Gasteiger partial charge in [-0.05, 0) is 43.9 Å². The first-order chi connectivity index (χ1) is 13.6. The average Bonchev–Trinajstić information content (AvgIpc) is 3.28. The first-order valence-corrected chi connectivity index (χ1v) is 9.78. The summed E-state index contributed by atoms with van der Waals surface area (Å²) in [6.07, 6.45) is 6.55. The zero-order valence-electron chi connectivity index (χ0n) is 16.5. The molecule has 2 aromatic rings. The van der Waals surface area contributed by atoms with Gasteiger partial charge in [-0.25, -0.2) is 8.78 Å². The number of nitrogens with zero attached hydrogens (tertiary/aromatic N) is 4. The van der Waals surface area contributed by atoms with Crippen LogP contribution < -0.4 is 15.5 Å². The highest BCUT2D eigenvalue weighted by Gasteiger charge is 2.27. The van der Waals surface area contributed by atoms with Gasteiger partial charge in [0.25, 0.3) is 0 Å². The molecule has 2 N–H and O–H groups in total. The van der Waals surface area contributed by atoms with Crippen LogP contribution in [0.1, 0.15) is 25.3 Å². The second-order valence-electron chi connectivity index (χ2n) is 7.03. The molecular formula is C20H28F2N6. The summed E-state index contributed by atoms with van der Waals surface area (Å²) >= 11 is 0. The van der Waals surface area contributed by atoms with Crippen LogP contribution in [0.25, 0.3) is 0 Å². The molecule has 1 aromatic heterocycles. The van der Waals surface area contributed by atoms with E-state index in [1.54, 1.807) is 9.58 Å². The second kappa shape index (κ2) is 9.52. The fraction of sp³-hybridized carbons (Fsp3) is 0.500. The molecule has 0 spiro atoms. The predicted octanol–water partition coefficient (Wildman–Crippen LogP) is 2.46. The number of benzene rings is 1. The molecule has 0 bridgehead atoms. The molecular weight excluding hydrogens is 362 g/mol. The molecule has 1 saturated heterocycles. The molecule has 1 atom stereocenters. The third-order valence-electron chi connectivity index (χ3n) is 4.78. The van der Waals surface area contributed by atoms with Crippen molar-refractivity contribution in [1.82, 2.24) is 20.4 Å². The fourth-order valence-electron chi connectivity index (χ4n) is 3.46. The Morgan fingerprint density at radius 1 is 1.32 bits per heavy atom. The lowest BCUT2D eigenvalue weighted by molar-refractivity contribution is 0.576. The third-order valence-corrected chi connectivity index (χ3v) is 4.78. The summed E-state index contributed by atoms with van der Waals surface area (Å²) in [6, 6.07) is 4.08. The predicted molar refractivity (Wildman–Crippen MR) is 108 cm³/mol. The molecule has 0 amide bonds. The SMILES string of the molecule is CCNC(=NCCCc1cnn(C)c1)NC1CCN(c2c(F)cccc2F)C1. The number of aliphatic imine (C=N–C) groups is 1. The molecule has 3 rings (SSSR count). The number of halogens is 2. The van der Waals surface area contributed by atoms with Gasteiger partial charge in [0.1, 0.15) is 17.3 Å². The van der Waals surface area contributed by atoms with Gasteiger partial charge in [0.15, 0.2) is 5.96 Å². The largest absolute Gasteiger partial charge is 0.365 e. The Labute approximate surface area is 164 Å². The quantitative estimate of drug-likeness (QED) is 0.433. The van der Waals surface area contributed by atoms with Gasteiger partial charge in [-0.1, -0.05) is 6.07 Å². The van der Waals surface area contributed by atoms with Gasteiger partial charge in [-0.3, -0.25) is 9.67 Å². The van der Waals surface area contributed by atoms with Crippen LogP contribution >= 0.6 is 0 Å². The number of aromatic nitrogens is 2. The van der Waals surface area contributed by atoms with Crippen LogP contribution in [0.5, 0.6) is 0 Å². The Kier molecular flexibility index (Phi) is 6.84. The number of nitrogens with one attached hydrogen (secondary N) is 2. The van der Waals surface area contributed by atoms with E-state index in [0.29, 0.717) is 19.6 Å². The number of rotatable bonds is 7. The molecule has 28 heavy (non-hydrogen) atoms. The average molecular weight is 390 g/mol. The minimum absolute atomic E-state index is 0.0604. The molecule has 0 aliphatic carbocycles. The molecule has 1 fully saturated rings. The van der Waals surface area contributed by atoms with Crippen LogP contribution in [0.2, 0.25) is 0 Å². The van der Waals surface area contributed by atoms with Crippen molar-refractivity contribution in [2.75, 3.05) is 31.1 Å². The summed E-state index contributed by atoms with van der Waals surface area (Å²) in [6.45, 7) is 4.62. The van der Waals surface area contributed by atoms with Gasteiger partial charge in [0.2, 0.25) is 0 Å². The van der Waals surface area contributed by atoms with E-state index in [4.69, 9.17) is 0 Å². The van der Waals surface area contributed by atoms with E-state index in [0.717, 1.165) is 31.8 Å². The molecule has 0 radical (unpaired) electrons. The standard InChI is InChI=1S/C20H28F2N6/c1-3-23-20(24-10-5-6-15-12-25-27(2)13-15)26-16-9-11-28(14-16)19-17(21)7-4-8-18(19)22/h4,7-8,12-13,16H,3,5-6,9-11,14H2,1-2H3,(H2,23,24,26). The van der Waals surface area contributed by atoms with Gasteiger partial charge >= 0.3 is 0 Å². The molecule has 0 saturated carbocycles. The third kappa shape index (κ3) is 5.21. The highest BCUT2D eigenvalue weighted by Crippen LogP contribution is 2.26. The van der Waals surface area contributed by atoms with Gasteiger partial charge < -0.3 is 15.5 Å². The lowest BCUT2D eigenvalue weighted by Crippen LogP contribution is -2.44. The zero-order chi connectivity index (χ0) is 19.9. The molecule has 8 heteroatoms. The summed E-state index contributed by atoms with van der Waals surface area (Å²) in [5, 5.41) is 10.8. The van der Waals surface area contributed by atoms with Crippen molar-refractivity contribution in [2.45, 2.75) is 32.2 Å². The van der Waals surface area contributed by atoms with Gasteiger partial charge in [-0.15, -0.1) is 0 Å². The van der Waals surface area contributed by atoms with Gasteiger partial charge in [-0.2, -0.15) is 5.10 Å². The highest BCUT2D eigenvalue weighted by atomic mass is 19.1. The number of anilines is 1. The second-order valence-corrected chi connectivity index (χ2v) is 7.03. The molecule has 1 unspecified atom stereocenters. The summed E-state index contributed by atoms with van der Waals surface area (Å²) in [5.74, 6) is -0.289. The summed E-state index contributed by atoms with van der Waals surface area (Å²) in [5.41, 5.74) is 1.26. The van der Waals surface area contributed by atoms with Crippen molar-refractivity contribution in [3.8, 4) is 0 Å². The Balaban J connectivity index is 1.52. The minimum atomic E-state index is -0.517. The highest BCUT2D eigenvalue weighted by molar-refractivity contribution is 5.80. The molecule has 1 aromatic carbocycles. The molecule has 152 valence electrons. The van der Waals surface area contributed by atoms with Crippen molar-refractivity contribution in [3.05, 3.63) is 47.8 Å². The fourth-order valence-corrected chi connectivity index (χ4v) is 3.46. The lowest BCUT2D eigenvalue weighted by atomic mass is 10.2. The minimum Gasteiger partial charge on any atom is -0.365 e. The van der Waals surface area contributed by atoms with Crippen molar-refractivity contribution < 1.29 is 8.78 Å².